The summed E-state index contributed by atoms with van der Waals surface area (Å²) in [6.45, 7) is 0.279. The summed E-state index contributed by atoms with van der Waals surface area (Å²) in [5, 5.41) is 24.0. The average Bonchev–Trinajstić information content (AvgIpc) is 2.79. The van der Waals surface area contributed by atoms with E-state index in [0.717, 1.165) is 18.3 Å². The Hall–Kier alpha value is -3.07. The molecular formula is C23H17I2N3O6. The van der Waals surface area contributed by atoms with Crippen molar-refractivity contribution in [3.8, 4) is 5.75 Å². The molecule has 0 atom stereocenters. The molecule has 0 aromatic heterocycles. The molecule has 0 aliphatic rings. The van der Waals surface area contributed by atoms with Crippen LogP contribution in [-0.4, -0.2) is 28.1 Å². The Bertz CT molecular complexity index is 1240. The second kappa shape index (κ2) is 11.9. The molecule has 9 nitrogen and oxygen atoms in total. The highest BCUT2D eigenvalue weighted by Crippen LogP contribution is 2.29. The summed E-state index contributed by atoms with van der Waals surface area (Å²) in [7, 11) is 0. The predicted octanol–water partition coefficient (Wildman–Crippen LogP) is 4.77. The fraction of sp³-hybridized carbons (Fsp3) is 0.0870. The van der Waals surface area contributed by atoms with E-state index in [4.69, 9.17) is 9.84 Å². The summed E-state index contributed by atoms with van der Waals surface area (Å²) < 4.78 is 7.58. The third-order valence-corrected chi connectivity index (χ3v) is 6.15. The molecule has 0 aliphatic carbocycles. The summed E-state index contributed by atoms with van der Waals surface area (Å²) >= 11 is 4.28. The number of carboxylic acids is 1. The minimum atomic E-state index is -0.980. The Labute approximate surface area is 221 Å². The number of nitrogens with one attached hydrogen (secondary N) is 1. The van der Waals surface area contributed by atoms with E-state index in [1.807, 2.05) is 12.1 Å². The molecule has 0 radical (unpaired) electrons. The van der Waals surface area contributed by atoms with E-state index in [1.54, 1.807) is 24.3 Å². The fourth-order valence-corrected chi connectivity index (χ4v) is 5.05. The van der Waals surface area contributed by atoms with Gasteiger partial charge in [-0.1, -0.05) is 30.3 Å². The van der Waals surface area contributed by atoms with Crippen molar-refractivity contribution >= 4 is 69.0 Å². The van der Waals surface area contributed by atoms with Crippen molar-refractivity contribution in [2.45, 2.75) is 13.0 Å². The van der Waals surface area contributed by atoms with Gasteiger partial charge in [0.2, 0.25) is 5.91 Å². The molecule has 0 bridgehead atoms. The summed E-state index contributed by atoms with van der Waals surface area (Å²) in [6, 6.07) is 16.2. The molecule has 0 heterocycles. The minimum Gasteiger partial charge on any atom is -0.487 e. The molecule has 1 amide bonds. The molecule has 174 valence electrons. The number of amides is 1. The molecule has 34 heavy (non-hydrogen) atoms. The van der Waals surface area contributed by atoms with Gasteiger partial charge in [-0.05, 0) is 80.6 Å². The van der Waals surface area contributed by atoms with Gasteiger partial charge in [-0.3, -0.25) is 14.9 Å². The standard InChI is InChI=1S/C23H17I2N3O6/c24-18-9-15(12-26-27-21(29)11-17-3-1-2-4-20(17)28(32)33)10-19(25)22(18)34-13-14-5-7-16(8-6-14)23(30)31/h1-10,12H,11,13H2,(H,27,29)(H,30,31)/b26-12+. The monoisotopic (exact) mass is 685 g/mol. The first-order chi connectivity index (χ1) is 16.2. The van der Waals surface area contributed by atoms with Gasteiger partial charge in [-0.25, -0.2) is 10.2 Å². The van der Waals surface area contributed by atoms with Crippen molar-refractivity contribution in [2.75, 3.05) is 0 Å². The third kappa shape index (κ3) is 6.96. The van der Waals surface area contributed by atoms with E-state index < -0.39 is 16.8 Å². The normalized spacial score (nSPS) is 10.8. The number of ether oxygens (including phenoxy) is 1. The van der Waals surface area contributed by atoms with Crippen LogP contribution < -0.4 is 10.2 Å². The van der Waals surface area contributed by atoms with Crippen LogP contribution in [0.25, 0.3) is 0 Å². The fourth-order valence-electron chi connectivity index (χ4n) is 2.92. The van der Waals surface area contributed by atoms with Crippen LogP contribution in [0, 0.1) is 17.3 Å². The van der Waals surface area contributed by atoms with E-state index in [-0.39, 0.29) is 24.3 Å². The van der Waals surface area contributed by atoms with Gasteiger partial charge >= 0.3 is 5.97 Å². The number of carbonyl (C=O) groups excluding carboxylic acids is 1. The van der Waals surface area contributed by atoms with Gasteiger partial charge in [0.05, 0.1) is 30.3 Å². The summed E-state index contributed by atoms with van der Waals surface area (Å²) in [4.78, 5) is 33.6. The van der Waals surface area contributed by atoms with E-state index in [0.29, 0.717) is 11.3 Å². The molecule has 0 aliphatic heterocycles. The van der Waals surface area contributed by atoms with Crippen LogP contribution in [0.2, 0.25) is 0 Å². The van der Waals surface area contributed by atoms with Gasteiger partial charge in [0, 0.05) is 11.6 Å². The van der Waals surface area contributed by atoms with Gasteiger partial charge in [0.25, 0.3) is 5.69 Å². The maximum absolute atomic E-state index is 12.1. The lowest BCUT2D eigenvalue weighted by molar-refractivity contribution is -0.385. The number of para-hydroxylation sites is 1. The number of hydrogen-bond donors (Lipinski definition) is 2. The quantitative estimate of drug-likeness (QED) is 0.145. The van der Waals surface area contributed by atoms with E-state index in [9.17, 15) is 19.7 Å². The highest BCUT2D eigenvalue weighted by molar-refractivity contribution is 14.1. The van der Waals surface area contributed by atoms with Crippen molar-refractivity contribution in [3.63, 3.8) is 0 Å². The first-order valence-corrected chi connectivity index (χ1v) is 11.9. The number of nitro benzene ring substituents is 1. The van der Waals surface area contributed by atoms with Gasteiger partial charge in [-0.15, -0.1) is 0 Å². The summed E-state index contributed by atoms with van der Waals surface area (Å²) in [6.07, 6.45) is 1.32. The Morgan fingerprint density at radius 1 is 1.09 bits per heavy atom. The molecule has 2 N–H and O–H groups in total. The number of nitro groups is 1. The van der Waals surface area contributed by atoms with Crippen molar-refractivity contribution in [3.05, 3.63) is 100 Å². The van der Waals surface area contributed by atoms with E-state index in [2.05, 4.69) is 55.7 Å². The van der Waals surface area contributed by atoms with Gasteiger partial charge in [0.1, 0.15) is 12.4 Å². The Morgan fingerprint density at radius 2 is 1.74 bits per heavy atom. The summed E-state index contributed by atoms with van der Waals surface area (Å²) in [5.41, 5.74) is 4.37. The zero-order chi connectivity index (χ0) is 24.7. The smallest absolute Gasteiger partial charge is 0.335 e. The van der Waals surface area contributed by atoms with Crippen LogP contribution >= 0.6 is 45.2 Å². The average molecular weight is 685 g/mol. The highest BCUT2D eigenvalue weighted by atomic mass is 127. The van der Waals surface area contributed by atoms with E-state index >= 15 is 0 Å². The number of rotatable bonds is 9. The molecule has 0 fully saturated rings. The van der Waals surface area contributed by atoms with Crippen LogP contribution in [0.3, 0.4) is 0 Å². The largest absolute Gasteiger partial charge is 0.487 e. The highest BCUT2D eigenvalue weighted by Gasteiger charge is 2.15. The second-order valence-corrected chi connectivity index (χ2v) is 9.28. The maximum atomic E-state index is 12.1. The van der Waals surface area contributed by atoms with Gasteiger partial charge in [-0.2, -0.15) is 5.10 Å². The van der Waals surface area contributed by atoms with Gasteiger partial charge < -0.3 is 9.84 Å². The Balaban J connectivity index is 1.60. The molecular weight excluding hydrogens is 668 g/mol. The van der Waals surface area contributed by atoms with Crippen LogP contribution in [-0.2, 0) is 17.8 Å². The van der Waals surface area contributed by atoms with Crippen LogP contribution in [0.15, 0.2) is 65.8 Å². The van der Waals surface area contributed by atoms with Gasteiger partial charge in [0.15, 0.2) is 0 Å². The molecule has 3 aromatic rings. The zero-order valence-corrected chi connectivity index (χ0v) is 21.7. The first kappa shape index (κ1) is 25.6. The lowest BCUT2D eigenvalue weighted by Gasteiger charge is -2.11. The number of halogens is 2. The third-order valence-electron chi connectivity index (χ3n) is 4.55. The number of carbonyl (C=O) groups is 2. The topological polar surface area (TPSA) is 131 Å². The molecule has 0 spiro atoms. The number of aromatic carboxylic acids is 1. The Kier molecular flexibility index (Phi) is 8.92. The van der Waals surface area contributed by atoms with Crippen LogP contribution in [0.4, 0.5) is 5.69 Å². The molecule has 3 aromatic carbocycles. The zero-order valence-electron chi connectivity index (χ0n) is 17.4. The van der Waals surface area contributed by atoms with Crippen molar-refractivity contribution < 1.29 is 24.4 Å². The number of hydrogen-bond acceptors (Lipinski definition) is 6. The van der Waals surface area contributed by atoms with Crippen molar-refractivity contribution in [1.29, 1.82) is 0 Å². The number of nitrogens with zero attached hydrogens (tertiary/aromatic N) is 2. The lowest BCUT2D eigenvalue weighted by Crippen LogP contribution is -2.20. The minimum absolute atomic E-state index is 0.112. The molecule has 11 heteroatoms. The molecule has 3 rings (SSSR count). The number of hydrazone groups is 1. The predicted molar refractivity (Wildman–Crippen MR) is 142 cm³/mol. The molecule has 0 saturated heterocycles. The number of benzene rings is 3. The molecule has 0 saturated carbocycles. The van der Waals surface area contributed by atoms with Crippen LogP contribution in [0.5, 0.6) is 5.75 Å². The first-order valence-electron chi connectivity index (χ1n) is 9.73. The van der Waals surface area contributed by atoms with Crippen molar-refractivity contribution in [2.24, 2.45) is 5.10 Å². The van der Waals surface area contributed by atoms with Crippen LogP contribution in [0.1, 0.15) is 27.0 Å². The number of carboxylic acid groups (broad SMARTS) is 1. The van der Waals surface area contributed by atoms with E-state index in [1.165, 1.54) is 30.5 Å². The Morgan fingerprint density at radius 3 is 2.35 bits per heavy atom. The van der Waals surface area contributed by atoms with Crippen molar-refractivity contribution in [1.82, 2.24) is 5.43 Å². The summed E-state index contributed by atoms with van der Waals surface area (Å²) in [5.74, 6) is -0.767. The SMILES string of the molecule is O=C(Cc1ccccc1[N+](=O)[O-])N/N=C/c1cc(I)c(OCc2ccc(C(=O)O)cc2)c(I)c1. The second-order valence-electron chi connectivity index (χ2n) is 6.96. The maximum Gasteiger partial charge on any atom is 0.335 e. The molecule has 0 unspecified atom stereocenters. The lowest BCUT2D eigenvalue weighted by atomic mass is 10.1.